The molecule has 0 saturated heterocycles. The van der Waals surface area contributed by atoms with Crippen molar-refractivity contribution in [1.82, 2.24) is 19.6 Å². The van der Waals surface area contributed by atoms with Gasteiger partial charge in [0, 0.05) is 41.8 Å². The number of nitrogens with zero attached hydrogens (tertiary/aromatic N) is 4. The van der Waals surface area contributed by atoms with Gasteiger partial charge in [-0.1, -0.05) is 87.9 Å². The average molecular weight is 571 g/mol. The quantitative estimate of drug-likeness (QED) is 0.233. The number of nitrogen functional groups attached to an aromatic ring is 1. The number of aliphatic hydroxyl groups excluding tert-OH is 1. The zero-order chi connectivity index (χ0) is 30.1. The molecule has 3 atom stereocenters. The Kier molecular flexibility index (Phi) is 11.1. The molecule has 5 rings (SSSR count). The van der Waals surface area contributed by atoms with Gasteiger partial charge in [0.05, 0.1) is 31.1 Å². The van der Waals surface area contributed by atoms with E-state index in [1.165, 1.54) is 12.8 Å². The summed E-state index contributed by atoms with van der Waals surface area (Å²) in [5.41, 5.74) is 16.4. The summed E-state index contributed by atoms with van der Waals surface area (Å²) in [6.07, 6.45) is 3.90. The van der Waals surface area contributed by atoms with Crippen LogP contribution in [0.5, 0.6) is 0 Å². The van der Waals surface area contributed by atoms with Gasteiger partial charge in [-0.15, -0.1) is 0 Å². The number of nitrogens with two attached hydrogens (primary N) is 2. The summed E-state index contributed by atoms with van der Waals surface area (Å²) in [6.45, 7) is 8.43. The molecule has 42 heavy (non-hydrogen) atoms. The van der Waals surface area contributed by atoms with Gasteiger partial charge in [-0.3, -0.25) is 9.48 Å². The number of ketones is 1. The monoisotopic (exact) mass is 570 g/mol. The van der Waals surface area contributed by atoms with Crippen LogP contribution in [0.2, 0.25) is 0 Å². The van der Waals surface area contributed by atoms with Crippen LogP contribution in [0, 0.1) is 23.7 Å². The average Bonchev–Trinajstić information content (AvgIpc) is 3.57. The third-order valence-electron chi connectivity index (χ3n) is 8.26. The van der Waals surface area contributed by atoms with E-state index in [2.05, 4.69) is 44.1 Å². The summed E-state index contributed by atoms with van der Waals surface area (Å²) in [4.78, 5) is 13.3. The fourth-order valence-electron chi connectivity index (χ4n) is 6.00. The van der Waals surface area contributed by atoms with E-state index in [4.69, 9.17) is 21.7 Å². The molecule has 0 radical (unpaired) electrons. The molecule has 1 saturated carbocycles. The highest BCUT2D eigenvalue weighted by Crippen LogP contribution is 2.39. The van der Waals surface area contributed by atoms with Crippen molar-refractivity contribution in [2.45, 2.75) is 59.5 Å². The van der Waals surface area contributed by atoms with E-state index >= 15 is 0 Å². The van der Waals surface area contributed by atoms with Crippen molar-refractivity contribution in [2.24, 2.45) is 29.4 Å². The summed E-state index contributed by atoms with van der Waals surface area (Å²) in [5.74, 6) is 2.83. The molecule has 8 nitrogen and oxygen atoms in total. The molecule has 4 aromatic rings. The number of Topliss-reactive ketones (excluding diaryl/α,β-unsaturated/α-hetero) is 1. The summed E-state index contributed by atoms with van der Waals surface area (Å²) in [7, 11) is 0. The van der Waals surface area contributed by atoms with Crippen molar-refractivity contribution >= 4 is 11.6 Å². The van der Waals surface area contributed by atoms with Gasteiger partial charge in [0.2, 0.25) is 0 Å². The van der Waals surface area contributed by atoms with E-state index in [0.717, 1.165) is 34.6 Å². The number of hydrogen-bond acceptors (Lipinski definition) is 6. The van der Waals surface area contributed by atoms with Gasteiger partial charge in [0.1, 0.15) is 11.6 Å². The Morgan fingerprint density at radius 1 is 0.929 bits per heavy atom. The molecule has 2 aromatic carbocycles. The minimum absolute atomic E-state index is 0.0418. The normalized spacial score (nSPS) is 18.5. The molecule has 0 unspecified atom stereocenters. The highest BCUT2D eigenvalue weighted by molar-refractivity contribution is 5.83. The van der Waals surface area contributed by atoms with E-state index in [0.29, 0.717) is 55.4 Å². The standard InChI is InChI=1S/C23H33N3O.C11H13N3O/c1-16(2)20-10-9-17(3)13-21(20)23(27)15-19-14-22(25-26(19)12-11-24)18-7-5-4-6-8-18;12-11-8-10(13-14(11)6-7-15)9-4-2-1-3-5-9/h4-8,14,16-17,20-21H,9-13,15,24H2,1-3H3;1-5,8,15H,6-7,12H2/t17-,20+,21-;/m1./s1. The molecule has 0 spiro atoms. The molecule has 224 valence electrons. The van der Waals surface area contributed by atoms with Crippen LogP contribution in [0.25, 0.3) is 22.5 Å². The van der Waals surface area contributed by atoms with E-state index in [1.54, 1.807) is 4.68 Å². The number of anilines is 1. The Morgan fingerprint density at radius 3 is 2.10 bits per heavy atom. The third kappa shape index (κ3) is 7.95. The molecule has 2 heterocycles. The maximum atomic E-state index is 13.3. The highest BCUT2D eigenvalue weighted by atomic mass is 16.3. The lowest BCUT2D eigenvalue weighted by atomic mass is 9.68. The number of carbonyl (C=O) groups is 1. The first-order chi connectivity index (χ1) is 20.3. The van der Waals surface area contributed by atoms with E-state index < -0.39 is 0 Å². The van der Waals surface area contributed by atoms with Crippen molar-refractivity contribution < 1.29 is 9.90 Å². The molecule has 1 aliphatic rings. The van der Waals surface area contributed by atoms with E-state index in [-0.39, 0.29) is 12.5 Å². The number of carbonyl (C=O) groups excluding carboxylic acids is 1. The van der Waals surface area contributed by atoms with E-state index in [9.17, 15) is 4.79 Å². The van der Waals surface area contributed by atoms with E-state index in [1.807, 2.05) is 59.3 Å². The van der Waals surface area contributed by atoms with Crippen LogP contribution in [0.1, 0.15) is 45.7 Å². The predicted octanol–water partition coefficient (Wildman–Crippen LogP) is 5.45. The third-order valence-corrected chi connectivity index (χ3v) is 8.26. The second-order valence-electron chi connectivity index (χ2n) is 11.7. The van der Waals surface area contributed by atoms with Gasteiger partial charge < -0.3 is 16.6 Å². The number of aromatic nitrogens is 4. The van der Waals surface area contributed by atoms with Crippen LogP contribution in [0.4, 0.5) is 5.82 Å². The molecule has 0 bridgehead atoms. The maximum absolute atomic E-state index is 13.3. The van der Waals surface area contributed by atoms with Crippen LogP contribution < -0.4 is 11.5 Å². The lowest BCUT2D eigenvalue weighted by Gasteiger charge is -2.36. The fourth-order valence-corrected chi connectivity index (χ4v) is 6.00. The number of aliphatic hydroxyl groups is 1. The molecular weight excluding hydrogens is 524 g/mol. The van der Waals surface area contributed by atoms with Crippen LogP contribution in [-0.2, 0) is 24.3 Å². The number of benzene rings is 2. The first-order valence-corrected chi connectivity index (χ1v) is 15.1. The molecule has 8 heteroatoms. The topological polar surface area (TPSA) is 125 Å². The van der Waals surface area contributed by atoms with Crippen molar-refractivity contribution in [2.75, 3.05) is 18.9 Å². The Labute approximate surface area is 249 Å². The van der Waals surface area contributed by atoms with Gasteiger partial charge in [0.15, 0.2) is 0 Å². The predicted molar refractivity (Wildman–Crippen MR) is 169 cm³/mol. The zero-order valence-electron chi connectivity index (χ0n) is 25.2. The van der Waals surface area contributed by atoms with Gasteiger partial charge in [-0.25, -0.2) is 4.68 Å². The molecule has 0 aliphatic heterocycles. The summed E-state index contributed by atoms with van der Waals surface area (Å²) in [5, 5.41) is 17.8. The summed E-state index contributed by atoms with van der Waals surface area (Å²) < 4.78 is 3.53. The minimum Gasteiger partial charge on any atom is -0.394 e. The molecular formula is C34H46N6O2. The SMILES string of the molecule is CC(C)[C@@H]1CC[C@@H](C)C[C@H]1C(=O)Cc1cc(-c2ccccc2)nn1CCN.Nc1cc(-c2ccccc2)nn1CCO. The lowest BCUT2D eigenvalue weighted by molar-refractivity contribution is -0.126. The highest BCUT2D eigenvalue weighted by Gasteiger charge is 2.35. The van der Waals surface area contributed by atoms with Gasteiger partial charge >= 0.3 is 0 Å². The molecule has 2 aromatic heterocycles. The molecule has 0 amide bonds. The van der Waals surface area contributed by atoms with Gasteiger partial charge in [0.25, 0.3) is 0 Å². The Balaban J connectivity index is 0.000000227. The smallest absolute Gasteiger partial charge is 0.142 e. The zero-order valence-corrected chi connectivity index (χ0v) is 25.2. The maximum Gasteiger partial charge on any atom is 0.142 e. The summed E-state index contributed by atoms with van der Waals surface area (Å²) in [6, 6.07) is 23.8. The second-order valence-corrected chi connectivity index (χ2v) is 11.7. The van der Waals surface area contributed by atoms with Crippen molar-refractivity contribution in [3.8, 4) is 22.5 Å². The lowest BCUT2D eigenvalue weighted by Crippen LogP contribution is -2.34. The van der Waals surface area contributed by atoms with Gasteiger partial charge in [-0.2, -0.15) is 10.2 Å². The Morgan fingerprint density at radius 2 is 1.52 bits per heavy atom. The molecule has 1 aliphatic carbocycles. The summed E-state index contributed by atoms with van der Waals surface area (Å²) >= 11 is 0. The second kappa shape index (κ2) is 14.9. The number of hydrogen-bond donors (Lipinski definition) is 3. The molecule has 1 fully saturated rings. The van der Waals surface area contributed by atoms with Crippen molar-refractivity contribution in [1.29, 1.82) is 0 Å². The van der Waals surface area contributed by atoms with Crippen LogP contribution >= 0.6 is 0 Å². The van der Waals surface area contributed by atoms with Crippen LogP contribution in [0.3, 0.4) is 0 Å². The fraction of sp³-hybridized carbons (Fsp3) is 0.441. The largest absolute Gasteiger partial charge is 0.394 e. The van der Waals surface area contributed by atoms with Gasteiger partial charge in [-0.05, 0) is 36.7 Å². The molecule has 5 N–H and O–H groups in total. The Hall–Kier alpha value is -3.75. The van der Waals surface area contributed by atoms with Crippen LogP contribution in [0.15, 0.2) is 72.8 Å². The van der Waals surface area contributed by atoms with Crippen molar-refractivity contribution in [3.05, 3.63) is 78.5 Å². The first-order valence-electron chi connectivity index (χ1n) is 15.1. The first kappa shape index (κ1) is 31.2. The van der Waals surface area contributed by atoms with Crippen molar-refractivity contribution in [3.63, 3.8) is 0 Å². The minimum atomic E-state index is 0.0418. The number of rotatable bonds is 10. The Bertz CT molecular complexity index is 1400. The van der Waals surface area contributed by atoms with Crippen LogP contribution in [-0.4, -0.2) is 43.6 Å².